The number of para-hydroxylation sites is 1. The number of nitrogens with one attached hydrogen (secondary N) is 1. The van der Waals surface area contributed by atoms with Gasteiger partial charge >= 0.3 is 0 Å². The summed E-state index contributed by atoms with van der Waals surface area (Å²) < 4.78 is 0. The van der Waals surface area contributed by atoms with Gasteiger partial charge in [0.15, 0.2) is 0 Å². The molecule has 0 radical (unpaired) electrons. The largest absolute Gasteiger partial charge is 0.374 e. The van der Waals surface area contributed by atoms with E-state index in [-0.39, 0.29) is 0 Å². The zero-order valence-corrected chi connectivity index (χ0v) is 13.3. The van der Waals surface area contributed by atoms with Crippen molar-refractivity contribution < 1.29 is 0 Å². The molecule has 0 aliphatic heterocycles. The summed E-state index contributed by atoms with van der Waals surface area (Å²) in [5.74, 6) is 0. The maximum absolute atomic E-state index is 3.54. The van der Waals surface area contributed by atoms with Crippen molar-refractivity contribution in [3.8, 4) is 0 Å². The van der Waals surface area contributed by atoms with Crippen LogP contribution in [0.2, 0.25) is 0 Å². The monoisotopic (exact) mass is 262 g/mol. The highest BCUT2D eigenvalue weighted by atomic mass is 15.1. The van der Waals surface area contributed by atoms with E-state index in [0.29, 0.717) is 5.41 Å². The summed E-state index contributed by atoms with van der Waals surface area (Å²) in [6.45, 7) is 12.3. The van der Waals surface area contributed by atoms with Gasteiger partial charge in [-0.1, -0.05) is 39.0 Å². The molecule has 2 heteroatoms. The molecule has 1 rings (SSSR count). The lowest BCUT2D eigenvalue weighted by Crippen LogP contribution is -2.42. The Hall–Kier alpha value is -1.02. The summed E-state index contributed by atoms with van der Waals surface area (Å²) in [6.07, 6.45) is 2.43. The number of anilines is 1. The second kappa shape index (κ2) is 7.54. The molecule has 0 spiro atoms. The third kappa shape index (κ3) is 4.24. The fourth-order valence-electron chi connectivity index (χ4n) is 2.75. The SMILES string of the molecule is CCNCC(CC)(CC)CN(C)c1ccccc1C. The van der Waals surface area contributed by atoms with Crippen molar-refractivity contribution in [2.24, 2.45) is 5.41 Å². The Morgan fingerprint density at radius 2 is 1.74 bits per heavy atom. The quantitative estimate of drug-likeness (QED) is 0.765. The van der Waals surface area contributed by atoms with Gasteiger partial charge in [-0.3, -0.25) is 0 Å². The van der Waals surface area contributed by atoms with Gasteiger partial charge in [-0.2, -0.15) is 0 Å². The molecule has 0 aliphatic carbocycles. The smallest absolute Gasteiger partial charge is 0.0393 e. The van der Waals surface area contributed by atoms with Crippen molar-refractivity contribution in [2.45, 2.75) is 40.5 Å². The Bertz CT molecular complexity index is 369. The number of aryl methyl sites for hydroxylation is 1. The lowest BCUT2D eigenvalue weighted by Gasteiger charge is -2.37. The van der Waals surface area contributed by atoms with Crippen LogP contribution in [0.5, 0.6) is 0 Å². The molecule has 0 heterocycles. The van der Waals surface area contributed by atoms with Crippen molar-refractivity contribution in [1.29, 1.82) is 0 Å². The lowest BCUT2D eigenvalue weighted by atomic mass is 9.81. The van der Waals surface area contributed by atoms with Crippen LogP contribution in [0, 0.1) is 12.3 Å². The third-order valence-corrected chi connectivity index (χ3v) is 4.35. The number of nitrogens with zero attached hydrogens (tertiary/aromatic N) is 1. The van der Waals surface area contributed by atoms with E-state index in [4.69, 9.17) is 0 Å². The highest BCUT2D eigenvalue weighted by molar-refractivity contribution is 5.52. The Labute approximate surface area is 119 Å². The summed E-state index contributed by atoms with van der Waals surface area (Å²) in [5.41, 5.74) is 3.08. The van der Waals surface area contributed by atoms with E-state index in [1.54, 1.807) is 0 Å². The summed E-state index contributed by atoms with van der Waals surface area (Å²) in [6, 6.07) is 8.65. The molecule has 0 saturated carbocycles. The van der Waals surface area contributed by atoms with Crippen LogP contribution in [0.1, 0.15) is 39.2 Å². The number of hydrogen-bond acceptors (Lipinski definition) is 2. The van der Waals surface area contributed by atoms with Crippen molar-refractivity contribution in [3.05, 3.63) is 29.8 Å². The normalized spacial score (nSPS) is 11.6. The van der Waals surface area contributed by atoms with Crippen LogP contribution in [-0.4, -0.2) is 26.7 Å². The molecule has 1 aromatic carbocycles. The number of benzene rings is 1. The minimum absolute atomic E-state index is 0.368. The molecule has 0 amide bonds. The third-order valence-electron chi connectivity index (χ3n) is 4.35. The molecule has 0 atom stereocenters. The summed E-state index contributed by atoms with van der Waals surface area (Å²) >= 11 is 0. The molecule has 0 bridgehead atoms. The zero-order valence-electron chi connectivity index (χ0n) is 13.3. The predicted molar refractivity (Wildman–Crippen MR) is 86.0 cm³/mol. The molecule has 0 unspecified atom stereocenters. The minimum atomic E-state index is 0.368. The molecule has 1 aromatic rings. The minimum Gasteiger partial charge on any atom is -0.374 e. The summed E-state index contributed by atoms with van der Waals surface area (Å²) in [5, 5.41) is 3.54. The first-order chi connectivity index (χ1) is 9.08. The van der Waals surface area contributed by atoms with Crippen molar-refractivity contribution in [3.63, 3.8) is 0 Å². The second-order valence-corrected chi connectivity index (χ2v) is 5.63. The van der Waals surface area contributed by atoms with E-state index < -0.39 is 0 Å². The van der Waals surface area contributed by atoms with Gasteiger partial charge in [0.2, 0.25) is 0 Å². The molecule has 1 N–H and O–H groups in total. The van der Waals surface area contributed by atoms with Crippen LogP contribution >= 0.6 is 0 Å². The molecule has 0 saturated heterocycles. The van der Waals surface area contributed by atoms with Crippen LogP contribution in [0.4, 0.5) is 5.69 Å². The summed E-state index contributed by atoms with van der Waals surface area (Å²) in [4.78, 5) is 2.42. The van der Waals surface area contributed by atoms with E-state index in [2.05, 4.69) is 69.2 Å². The van der Waals surface area contributed by atoms with Gasteiger partial charge < -0.3 is 10.2 Å². The molecule has 2 nitrogen and oxygen atoms in total. The van der Waals surface area contributed by atoms with E-state index in [9.17, 15) is 0 Å². The van der Waals surface area contributed by atoms with Crippen LogP contribution in [0.15, 0.2) is 24.3 Å². The maximum Gasteiger partial charge on any atom is 0.0393 e. The highest BCUT2D eigenvalue weighted by Gasteiger charge is 2.27. The van der Waals surface area contributed by atoms with Crippen LogP contribution in [0.25, 0.3) is 0 Å². The van der Waals surface area contributed by atoms with Crippen LogP contribution in [0.3, 0.4) is 0 Å². The number of hydrogen-bond donors (Lipinski definition) is 1. The van der Waals surface area contributed by atoms with E-state index >= 15 is 0 Å². The van der Waals surface area contributed by atoms with Gasteiger partial charge in [0.05, 0.1) is 0 Å². The maximum atomic E-state index is 3.54. The topological polar surface area (TPSA) is 15.3 Å². The summed E-state index contributed by atoms with van der Waals surface area (Å²) in [7, 11) is 2.22. The van der Waals surface area contributed by atoms with E-state index in [1.165, 1.54) is 24.1 Å². The van der Waals surface area contributed by atoms with Gasteiger partial charge in [0.1, 0.15) is 0 Å². The van der Waals surface area contributed by atoms with E-state index in [1.807, 2.05) is 0 Å². The molecule has 0 fully saturated rings. The first kappa shape index (κ1) is 16.0. The molecule has 19 heavy (non-hydrogen) atoms. The molecule has 0 aliphatic rings. The molecular weight excluding hydrogens is 232 g/mol. The first-order valence-corrected chi connectivity index (χ1v) is 7.56. The Kier molecular flexibility index (Phi) is 6.36. The van der Waals surface area contributed by atoms with E-state index in [0.717, 1.165) is 19.6 Å². The Morgan fingerprint density at radius 1 is 1.11 bits per heavy atom. The number of rotatable bonds is 8. The van der Waals surface area contributed by atoms with Gasteiger partial charge in [0.25, 0.3) is 0 Å². The van der Waals surface area contributed by atoms with Gasteiger partial charge in [-0.15, -0.1) is 0 Å². The second-order valence-electron chi connectivity index (χ2n) is 5.63. The molecule has 0 aromatic heterocycles. The highest BCUT2D eigenvalue weighted by Crippen LogP contribution is 2.29. The lowest BCUT2D eigenvalue weighted by molar-refractivity contribution is 0.257. The Balaban J connectivity index is 2.81. The molecule has 108 valence electrons. The zero-order chi connectivity index (χ0) is 14.3. The van der Waals surface area contributed by atoms with Crippen molar-refractivity contribution in [2.75, 3.05) is 31.6 Å². The average molecular weight is 262 g/mol. The van der Waals surface area contributed by atoms with Crippen molar-refractivity contribution >= 4 is 5.69 Å². The fraction of sp³-hybridized carbons (Fsp3) is 0.647. The van der Waals surface area contributed by atoms with Crippen LogP contribution < -0.4 is 10.2 Å². The Morgan fingerprint density at radius 3 is 2.26 bits per heavy atom. The average Bonchev–Trinajstić information content (AvgIpc) is 2.44. The standard InChI is InChI=1S/C17H30N2/c1-6-17(7-2,13-18-8-3)14-19(5)16-12-10-9-11-15(16)4/h9-12,18H,6-8,13-14H2,1-5H3. The molecular formula is C17H30N2. The predicted octanol–water partition coefficient (Wildman–Crippen LogP) is 3.85. The van der Waals surface area contributed by atoms with Crippen molar-refractivity contribution in [1.82, 2.24) is 5.32 Å². The first-order valence-electron chi connectivity index (χ1n) is 7.56. The van der Waals surface area contributed by atoms with Gasteiger partial charge in [-0.25, -0.2) is 0 Å². The van der Waals surface area contributed by atoms with Crippen LogP contribution in [-0.2, 0) is 0 Å². The fourth-order valence-corrected chi connectivity index (χ4v) is 2.75. The van der Waals surface area contributed by atoms with Gasteiger partial charge in [-0.05, 0) is 43.4 Å². The van der Waals surface area contributed by atoms with Gasteiger partial charge in [0, 0.05) is 25.8 Å².